The number of hydrogen-bond acceptors (Lipinski definition) is 2. The summed E-state index contributed by atoms with van der Waals surface area (Å²) in [6.45, 7) is 5.96. The van der Waals surface area contributed by atoms with Crippen molar-refractivity contribution in [1.82, 2.24) is 14.8 Å². The molecule has 1 fully saturated rings. The minimum Gasteiger partial charge on any atom is -0.356 e. The number of piperidine rings is 1. The van der Waals surface area contributed by atoms with Crippen LogP contribution >= 0.6 is 0 Å². The highest BCUT2D eigenvalue weighted by Gasteiger charge is 2.21. The zero-order chi connectivity index (χ0) is 21.6. The van der Waals surface area contributed by atoms with Crippen molar-refractivity contribution in [2.75, 3.05) is 26.2 Å². The van der Waals surface area contributed by atoms with Crippen LogP contribution in [-0.4, -0.2) is 41.6 Å². The average molecular weight is 422 g/mol. The van der Waals surface area contributed by atoms with E-state index in [0.29, 0.717) is 12.5 Å². The molecular weight excluding hydrogens is 389 g/mol. The van der Waals surface area contributed by atoms with Crippen LogP contribution in [0.3, 0.4) is 0 Å². The van der Waals surface area contributed by atoms with Crippen LogP contribution in [0.25, 0.3) is 10.9 Å². The SMILES string of the molecule is CCCNC(=O)Cc1ccc2ccn(C3CCN(CCc4ccc(F)cc4)CC3)c2c1. The molecule has 1 saturated heterocycles. The predicted molar refractivity (Wildman–Crippen MR) is 124 cm³/mol. The maximum atomic E-state index is 13.1. The lowest BCUT2D eigenvalue weighted by Gasteiger charge is -2.33. The monoisotopic (exact) mass is 421 g/mol. The molecule has 4 rings (SSSR count). The average Bonchev–Trinajstić information content (AvgIpc) is 3.21. The van der Waals surface area contributed by atoms with E-state index in [1.807, 2.05) is 12.1 Å². The van der Waals surface area contributed by atoms with Crippen molar-refractivity contribution < 1.29 is 9.18 Å². The highest BCUT2D eigenvalue weighted by atomic mass is 19.1. The second-order valence-corrected chi connectivity index (χ2v) is 8.59. The zero-order valence-corrected chi connectivity index (χ0v) is 18.3. The van der Waals surface area contributed by atoms with Gasteiger partial charge in [0.25, 0.3) is 0 Å². The predicted octanol–water partition coefficient (Wildman–Crippen LogP) is 4.73. The van der Waals surface area contributed by atoms with Gasteiger partial charge in [-0.25, -0.2) is 4.39 Å². The van der Waals surface area contributed by atoms with Crippen molar-refractivity contribution in [1.29, 1.82) is 0 Å². The van der Waals surface area contributed by atoms with E-state index in [4.69, 9.17) is 0 Å². The fourth-order valence-electron chi connectivity index (χ4n) is 4.49. The summed E-state index contributed by atoms with van der Waals surface area (Å²) >= 11 is 0. The molecule has 0 bridgehead atoms. The number of aromatic nitrogens is 1. The zero-order valence-electron chi connectivity index (χ0n) is 18.3. The molecule has 0 unspecified atom stereocenters. The first-order valence-electron chi connectivity index (χ1n) is 11.5. The molecule has 0 radical (unpaired) electrons. The summed E-state index contributed by atoms with van der Waals surface area (Å²) in [7, 11) is 0. The van der Waals surface area contributed by atoms with Crippen molar-refractivity contribution in [2.45, 2.75) is 45.1 Å². The molecule has 2 aromatic carbocycles. The Kier molecular flexibility index (Phi) is 7.03. The van der Waals surface area contributed by atoms with Crippen LogP contribution in [0, 0.1) is 5.82 Å². The highest BCUT2D eigenvalue weighted by Crippen LogP contribution is 2.28. The lowest BCUT2D eigenvalue weighted by molar-refractivity contribution is -0.120. The van der Waals surface area contributed by atoms with Gasteiger partial charge in [0.15, 0.2) is 0 Å². The van der Waals surface area contributed by atoms with Gasteiger partial charge in [0.05, 0.1) is 6.42 Å². The number of halogens is 1. The maximum absolute atomic E-state index is 13.1. The van der Waals surface area contributed by atoms with Gasteiger partial charge >= 0.3 is 0 Å². The van der Waals surface area contributed by atoms with Crippen LogP contribution in [0.1, 0.15) is 43.4 Å². The van der Waals surface area contributed by atoms with Gasteiger partial charge in [-0.3, -0.25) is 4.79 Å². The Morgan fingerprint density at radius 1 is 1.06 bits per heavy atom. The van der Waals surface area contributed by atoms with E-state index in [9.17, 15) is 9.18 Å². The number of nitrogens with one attached hydrogen (secondary N) is 1. The number of fused-ring (bicyclic) bond motifs is 1. The summed E-state index contributed by atoms with van der Waals surface area (Å²) in [6, 6.07) is 15.9. The minimum atomic E-state index is -0.173. The van der Waals surface area contributed by atoms with Gasteiger partial charge in [-0.15, -0.1) is 0 Å². The molecule has 164 valence electrons. The highest BCUT2D eigenvalue weighted by molar-refractivity contribution is 5.84. The second-order valence-electron chi connectivity index (χ2n) is 8.59. The molecule has 1 amide bonds. The van der Waals surface area contributed by atoms with Crippen LogP contribution in [0.2, 0.25) is 0 Å². The standard InChI is InChI=1S/C26H32FN3O/c1-2-13-28-26(31)19-21-3-6-22-10-17-30(25(22)18-21)24-11-15-29(16-12-24)14-9-20-4-7-23(27)8-5-20/h3-8,10,17-18,24H,2,9,11-16,19H2,1H3,(H,28,31). The molecular formula is C26H32FN3O. The number of benzene rings is 2. The molecule has 0 saturated carbocycles. The Bertz CT molecular complexity index is 1000. The normalized spacial score (nSPS) is 15.4. The van der Waals surface area contributed by atoms with Crippen molar-refractivity contribution in [2.24, 2.45) is 0 Å². The number of hydrogen-bond donors (Lipinski definition) is 1. The maximum Gasteiger partial charge on any atom is 0.224 e. The van der Waals surface area contributed by atoms with Crippen LogP contribution in [0.4, 0.5) is 4.39 Å². The first-order chi connectivity index (χ1) is 15.1. The quantitative estimate of drug-likeness (QED) is 0.571. The molecule has 1 N–H and O–H groups in total. The fraction of sp³-hybridized carbons (Fsp3) is 0.423. The van der Waals surface area contributed by atoms with Crippen LogP contribution in [-0.2, 0) is 17.6 Å². The van der Waals surface area contributed by atoms with E-state index in [0.717, 1.165) is 57.4 Å². The van der Waals surface area contributed by atoms with E-state index in [1.165, 1.54) is 16.5 Å². The van der Waals surface area contributed by atoms with Gasteiger partial charge in [-0.05, 0) is 66.5 Å². The van der Waals surface area contributed by atoms with Gasteiger partial charge < -0.3 is 14.8 Å². The Labute approximate surface area is 184 Å². The van der Waals surface area contributed by atoms with Gasteiger partial charge in [-0.1, -0.05) is 31.2 Å². The summed E-state index contributed by atoms with van der Waals surface area (Å²) in [5.74, 6) is -0.0815. The topological polar surface area (TPSA) is 37.3 Å². The molecule has 1 aliphatic rings. The molecule has 1 aliphatic heterocycles. The van der Waals surface area contributed by atoms with Crippen molar-refractivity contribution in [3.05, 3.63) is 71.7 Å². The Balaban J connectivity index is 1.35. The number of nitrogens with zero attached hydrogens (tertiary/aromatic N) is 2. The van der Waals surface area contributed by atoms with Crippen LogP contribution in [0.15, 0.2) is 54.7 Å². The number of rotatable bonds is 8. The molecule has 31 heavy (non-hydrogen) atoms. The Hall–Kier alpha value is -2.66. The van der Waals surface area contributed by atoms with Gasteiger partial charge in [0.1, 0.15) is 5.82 Å². The lowest BCUT2D eigenvalue weighted by atomic mass is 10.0. The van der Waals surface area contributed by atoms with E-state index in [2.05, 4.69) is 52.2 Å². The number of carbonyl (C=O) groups is 1. The smallest absolute Gasteiger partial charge is 0.224 e. The second kappa shape index (κ2) is 10.1. The largest absolute Gasteiger partial charge is 0.356 e. The first-order valence-corrected chi connectivity index (χ1v) is 11.5. The molecule has 0 aliphatic carbocycles. The first kappa shape index (κ1) is 21.6. The van der Waals surface area contributed by atoms with Crippen LogP contribution in [0.5, 0.6) is 0 Å². The molecule has 5 heteroatoms. The third kappa shape index (κ3) is 5.53. The van der Waals surface area contributed by atoms with Crippen LogP contribution < -0.4 is 5.32 Å². The number of amides is 1. The molecule has 0 spiro atoms. The van der Waals surface area contributed by atoms with E-state index < -0.39 is 0 Å². The Morgan fingerprint density at radius 3 is 2.55 bits per heavy atom. The molecule has 2 heterocycles. The van der Waals surface area contributed by atoms with E-state index in [-0.39, 0.29) is 11.7 Å². The van der Waals surface area contributed by atoms with E-state index in [1.54, 1.807) is 12.1 Å². The van der Waals surface area contributed by atoms with Gasteiger partial charge in [0.2, 0.25) is 5.91 Å². The summed E-state index contributed by atoms with van der Waals surface area (Å²) in [5, 5.41) is 4.20. The van der Waals surface area contributed by atoms with Gasteiger partial charge in [0, 0.05) is 43.9 Å². The fourth-order valence-corrected chi connectivity index (χ4v) is 4.49. The summed E-state index contributed by atoms with van der Waals surface area (Å²) in [5.41, 5.74) is 3.48. The van der Waals surface area contributed by atoms with Gasteiger partial charge in [-0.2, -0.15) is 0 Å². The Morgan fingerprint density at radius 2 is 1.81 bits per heavy atom. The summed E-state index contributed by atoms with van der Waals surface area (Å²) in [4.78, 5) is 14.6. The molecule has 1 aromatic heterocycles. The van der Waals surface area contributed by atoms with Crippen molar-refractivity contribution in [3.8, 4) is 0 Å². The third-order valence-corrected chi connectivity index (χ3v) is 6.31. The third-order valence-electron chi connectivity index (χ3n) is 6.31. The van der Waals surface area contributed by atoms with Crippen molar-refractivity contribution in [3.63, 3.8) is 0 Å². The molecule has 4 nitrogen and oxygen atoms in total. The minimum absolute atomic E-state index is 0.0915. The lowest BCUT2D eigenvalue weighted by Crippen LogP contribution is -2.35. The van der Waals surface area contributed by atoms with Crippen molar-refractivity contribution >= 4 is 16.8 Å². The summed E-state index contributed by atoms with van der Waals surface area (Å²) < 4.78 is 15.5. The summed E-state index contributed by atoms with van der Waals surface area (Å²) in [6.07, 6.45) is 6.79. The number of likely N-dealkylation sites (tertiary alicyclic amines) is 1. The molecule has 3 aromatic rings. The number of carbonyl (C=O) groups excluding carboxylic acids is 1. The molecule has 0 atom stereocenters. The van der Waals surface area contributed by atoms with E-state index >= 15 is 0 Å².